The van der Waals surface area contributed by atoms with E-state index in [1.807, 2.05) is 18.2 Å². The fourth-order valence-corrected chi connectivity index (χ4v) is 3.27. The summed E-state index contributed by atoms with van der Waals surface area (Å²) in [6.07, 6.45) is 3.10. The van der Waals surface area contributed by atoms with Crippen LogP contribution in [0.3, 0.4) is 0 Å². The first-order valence-corrected chi connectivity index (χ1v) is 8.34. The second kappa shape index (κ2) is 8.41. The van der Waals surface area contributed by atoms with Crippen LogP contribution in [0.2, 0.25) is 0 Å². The Morgan fingerprint density at radius 3 is 2.22 bits per heavy atom. The van der Waals surface area contributed by atoms with Crippen LogP contribution in [0.25, 0.3) is 0 Å². The van der Waals surface area contributed by atoms with Crippen LogP contribution in [0.5, 0.6) is 17.2 Å². The van der Waals surface area contributed by atoms with Crippen LogP contribution < -0.4 is 14.2 Å². The van der Waals surface area contributed by atoms with Crippen molar-refractivity contribution in [2.45, 2.75) is 51.3 Å². The topological polar surface area (TPSA) is 51.2 Å². The molecule has 0 aromatic heterocycles. The molecule has 0 amide bonds. The Kier molecular flexibility index (Phi) is 6.54. The zero-order chi connectivity index (χ0) is 16.8. The van der Waals surface area contributed by atoms with Crippen molar-refractivity contribution < 1.29 is 19.3 Å². The van der Waals surface area contributed by atoms with Gasteiger partial charge in [0.05, 0.1) is 14.2 Å². The van der Waals surface area contributed by atoms with Crippen molar-refractivity contribution in [2.75, 3.05) is 27.4 Å². The van der Waals surface area contributed by atoms with Gasteiger partial charge in [0, 0.05) is 18.6 Å². The largest absolute Gasteiger partial charge is 0.493 e. The van der Waals surface area contributed by atoms with Crippen LogP contribution >= 0.6 is 0 Å². The van der Waals surface area contributed by atoms with Gasteiger partial charge < -0.3 is 19.3 Å². The lowest BCUT2D eigenvalue weighted by Crippen LogP contribution is -2.48. The molecule has 1 aromatic rings. The summed E-state index contributed by atoms with van der Waals surface area (Å²) in [5.41, 5.74) is 0. The molecule has 130 valence electrons. The molecule has 1 aromatic carbocycles. The van der Waals surface area contributed by atoms with Crippen LogP contribution in [0.4, 0.5) is 0 Å². The highest BCUT2D eigenvalue weighted by Crippen LogP contribution is 2.36. The minimum absolute atomic E-state index is 0.215. The van der Waals surface area contributed by atoms with E-state index in [4.69, 9.17) is 14.2 Å². The number of hydrogen-bond donors (Lipinski definition) is 1. The molecule has 1 fully saturated rings. The van der Waals surface area contributed by atoms with E-state index in [2.05, 4.69) is 18.7 Å². The van der Waals surface area contributed by atoms with Crippen molar-refractivity contribution >= 4 is 0 Å². The van der Waals surface area contributed by atoms with Gasteiger partial charge in [0.25, 0.3) is 0 Å². The van der Waals surface area contributed by atoms with Crippen LogP contribution in [0, 0.1) is 0 Å². The molecule has 1 saturated heterocycles. The van der Waals surface area contributed by atoms with Crippen molar-refractivity contribution in [3.63, 3.8) is 0 Å². The molecule has 0 bridgehead atoms. The van der Waals surface area contributed by atoms with Gasteiger partial charge in [-0.05, 0) is 38.8 Å². The second-order valence-corrected chi connectivity index (χ2v) is 6.28. The number of β-amino-alcohol motifs (C(OH)–C–C–N with tert-alkyl or cyclic N) is 1. The first-order valence-electron chi connectivity index (χ1n) is 8.34. The normalized spacial score (nSPS) is 23.3. The number of aliphatic hydroxyl groups is 1. The van der Waals surface area contributed by atoms with Crippen molar-refractivity contribution in [1.29, 1.82) is 0 Å². The first kappa shape index (κ1) is 17.9. The molecule has 2 rings (SSSR count). The average molecular weight is 323 g/mol. The predicted octanol–water partition coefficient (Wildman–Crippen LogP) is 2.71. The third-order valence-corrected chi connectivity index (χ3v) is 4.60. The van der Waals surface area contributed by atoms with Crippen LogP contribution in [-0.4, -0.2) is 55.6 Å². The van der Waals surface area contributed by atoms with E-state index in [1.54, 1.807) is 14.2 Å². The lowest BCUT2D eigenvalue weighted by Gasteiger charge is -2.40. The molecule has 1 heterocycles. The molecular formula is C18H29NO4. The van der Waals surface area contributed by atoms with Gasteiger partial charge >= 0.3 is 0 Å². The van der Waals surface area contributed by atoms with E-state index >= 15 is 0 Å². The Morgan fingerprint density at radius 1 is 1.13 bits per heavy atom. The van der Waals surface area contributed by atoms with E-state index < -0.39 is 6.10 Å². The van der Waals surface area contributed by atoms with E-state index in [-0.39, 0.29) is 6.61 Å². The monoisotopic (exact) mass is 323 g/mol. The van der Waals surface area contributed by atoms with Gasteiger partial charge in [-0.3, -0.25) is 4.90 Å². The highest BCUT2D eigenvalue weighted by molar-refractivity contribution is 5.51. The fourth-order valence-electron chi connectivity index (χ4n) is 3.27. The zero-order valence-electron chi connectivity index (χ0n) is 14.6. The molecule has 0 saturated carbocycles. The standard InChI is InChI=1S/C18H29NO4/c1-13-7-5-8-14(2)19(13)11-15(20)12-23-18-16(21-3)9-6-10-17(18)22-4/h6,9-10,13-15,20H,5,7-8,11-12H2,1-4H3/t13-,14-,15+/m0/s1. The molecule has 1 aliphatic heterocycles. The summed E-state index contributed by atoms with van der Waals surface area (Å²) in [4.78, 5) is 2.37. The maximum Gasteiger partial charge on any atom is 0.203 e. The smallest absolute Gasteiger partial charge is 0.203 e. The number of hydrogen-bond acceptors (Lipinski definition) is 5. The lowest BCUT2D eigenvalue weighted by molar-refractivity contribution is 0.0200. The first-order chi connectivity index (χ1) is 11.1. The highest BCUT2D eigenvalue weighted by Gasteiger charge is 2.26. The zero-order valence-corrected chi connectivity index (χ0v) is 14.6. The lowest BCUT2D eigenvalue weighted by atomic mass is 9.97. The summed E-state index contributed by atoms with van der Waals surface area (Å²) in [6.45, 7) is 5.30. The van der Waals surface area contributed by atoms with Crippen molar-refractivity contribution in [3.8, 4) is 17.2 Å². The Labute approximate surface area is 139 Å². The van der Waals surface area contributed by atoms with E-state index in [0.717, 1.165) is 0 Å². The molecule has 1 aliphatic rings. The van der Waals surface area contributed by atoms with E-state index in [9.17, 15) is 5.11 Å². The van der Waals surface area contributed by atoms with Gasteiger partial charge in [-0.25, -0.2) is 0 Å². The van der Waals surface area contributed by atoms with Gasteiger partial charge in [-0.15, -0.1) is 0 Å². The SMILES string of the molecule is COc1cccc(OC)c1OC[C@H](O)CN1[C@@H](C)CCC[C@@H]1C. The number of ether oxygens (including phenoxy) is 3. The summed E-state index contributed by atoms with van der Waals surface area (Å²) in [6, 6.07) is 6.50. The minimum Gasteiger partial charge on any atom is -0.493 e. The van der Waals surface area contributed by atoms with Gasteiger partial charge in [-0.2, -0.15) is 0 Å². The molecule has 0 spiro atoms. The average Bonchev–Trinajstić information content (AvgIpc) is 2.56. The maximum atomic E-state index is 10.4. The summed E-state index contributed by atoms with van der Waals surface area (Å²) in [7, 11) is 3.18. The van der Waals surface area contributed by atoms with Crippen molar-refractivity contribution in [1.82, 2.24) is 4.90 Å². The van der Waals surface area contributed by atoms with Crippen LogP contribution in [0.1, 0.15) is 33.1 Å². The predicted molar refractivity (Wildman–Crippen MR) is 90.5 cm³/mol. The maximum absolute atomic E-state index is 10.4. The third kappa shape index (κ3) is 4.52. The molecule has 23 heavy (non-hydrogen) atoms. The summed E-state index contributed by atoms with van der Waals surface area (Å²) in [5, 5.41) is 10.4. The molecule has 1 N–H and O–H groups in total. The summed E-state index contributed by atoms with van der Waals surface area (Å²) in [5.74, 6) is 1.75. The highest BCUT2D eigenvalue weighted by atomic mass is 16.5. The minimum atomic E-state index is -0.549. The molecular weight excluding hydrogens is 294 g/mol. The number of para-hydroxylation sites is 1. The molecule has 5 heteroatoms. The second-order valence-electron chi connectivity index (χ2n) is 6.28. The number of benzene rings is 1. The van der Waals surface area contributed by atoms with Gasteiger partial charge in [-0.1, -0.05) is 12.5 Å². The fraction of sp³-hybridized carbons (Fsp3) is 0.667. The van der Waals surface area contributed by atoms with Gasteiger partial charge in [0.15, 0.2) is 11.5 Å². The number of rotatable bonds is 7. The Hall–Kier alpha value is -1.46. The van der Waals surface area contributed by atoms with E-state index in [0.29, 0.717) is 35.9 Å². The molecule has 3 atom stereocenters. The Balaban J connectivity index is 1.95. The van der Waals surface area contributed by atoms with Gasteiger partial charge in [0.2, 0.25) is 5.75 Å². The number of likely N-dealkylation sites (tertiary alicyclic amines) is 1. The summed E-state index contributed by atoms with van der Waals surface area (Å²) < 4.78 is 16.4. The molecule has 0 aliphatic carbocycles. The third-order valence-electron chi connectivity index (χ3n) is 4.60. The van der Waals surface area contributed by atoms with E-state index in [1.165, 1.54) is 19.3 Å². The Bertz CT molecular complexity index is 462. The number of nitrogens with zero attached hydrogens (tertiary/aromatic N) is 1. The number of aliphatic hydroxyl groups excluding tert-OH is 1. The van der Waals surface area contributed by atoms with Crippen LogP contribution in [-0.2, 0) is 0 Å². The Morgan fingerprint density at radius 2 is 1.70 bits per heavy atom. The van der Waals surface area contributed by atoms with Gasteiger partial charge in [0.1, 0.15) is 12.7 Å². The quantitative estimate of drug-likeness (QED) is 0.836. The molecule has 0 radical (unpaired) electrons. The number of methoxy groups -OCH3 is 2. The van der Waals surface area contributed by atoms with Crippen molar-refractivity contribution in [2.24, 2.45) is 0 Å². The van der Waals surface area contributed by atoms with Crippen molar-refractivity contribution in [3.05, 3.63) is 18.2 Å². The number of piperidine rings is 1. The molecule has 5 nitrogen and oxygen atoms in total. The summed E-state index contributed by atoms with van der Waals surface area (Å²) >= 11 is 0. The van der Waals surface area contributed by atoms with Crippen LogP contribution in [0.15, 0.2) is 18.2 Å². The molecule has 0 unspecified atom stereocenters.